The number of oxazole rings is 1. The van der Waals surface area contributed by atoms with Crippen LogP contribution in [0.25, 0.3) is 22.2 Å². The maximum absolute atomic E-state index is 13.3. The third kappa shape index (κ3) is 4.65. The van der Waals surface area contributed by atoms with Gasteiger partial charge in [0.25, 0.3) is 0 Å². The van der Waals surface area contributed by atoms with Crippen molar-refractivity contribution in [2.45, 2.75) is 45.1 Å². The van der Waals surface area contributed by atoms with E-state index in [-0.39, 0.29) is 11.8 Å². The fraction of sp³-hybridized carbons (Fsp3) is 0.455. The molecular weight excluding hydrogens is 404 g/mol. The van der Waals surface area contributed by atoms with Gasteiger partial charge in [-0.05, 0) is 18.9 Å². The second kappa shape index (κ2) is 9.36. The predicted octanol–water partition coefficient (Wildman–Crippen LogP) is 4.83. The highest BCUT2D eigenvalue weighted by molar-refractivity contribution is 6.01. The molecule has 2 N–H and O–H groups in total. The molecular formula is C22H25F2N5O2. The van der Waals surface area contributed by atoms with Gasteiger partial charge in [-0.15, -0.1) is 0 Å². The minimum absolute atomic E-state index is 0.0204. The fourth-order valence-corrected chi connectivity index (χ4v) is 3.91. The first-order valence-electron chi connectivity index (χ1n) is 10.5. The summed E-state index contributed by atoms with van der Waals surface area (Å²) in [5, 5.41) is 6.39. The molecule has 9 heteroatoms. The third-order valence-electron chi connectivity index (χ3n) is 5.59. The highest BCUT2D eigenvalue weighted by Crippen LogP contribution is 2.35. The summed E-state index contributed by atoms with van der Waals surface area (Å²) in [6.45, 7) is -0.0586. The lowest BCUT2D eigenvalue weighted by atomic mass is 9.89. The molecule has 1 aliphatic rings. The summed E-state index contributed by atoms with van der Waals surface area (Å²) in [7, 11) is 0. The van der Waals surface area contributed by atoms with Crippen molar-refractivity contribution in [3.63, 3.8) is 0 Å². The zero-order valence-electron chi connectivity index (χ0n) is 17.3. The zero-order valence-corrected chi connectivity index (χ0v) is 17.3. The highest BCUT2D eigenvalue weighted by Gasteiger charge is 2.22. The van der Waals surface area contributed by atoms with E-state index in [0.717, 1.165) is 32.1 Å². The molecule has 0 radical (unpaired) electrons. The molecule has 0 bridgehead atoms. The van der Waals surface area contributed by atoms with Gasteiger partial charge in [-0.2, -0.15) is 0 Å². The second-order valence-corrected chi connectivity index (χ2v) is 7.85. The smallest absolute Gasteiger partial charge is 0.228 e. The Kier molecular flexibility index (Phi) is 6.39. The highest BCUT2D eigenvalue weighted by atomic mass is 19.1. The van der Waals surface area contributed by atoms with Crippen molar-refractivity contribution in [1.82, 2.24) is 15.0 Å². The van der Waals surface area contributed by atoms with Crippen LogP contribution >= 0.6 is 0 Å². The largest absolute Gasteiger partial charge is 0.441 e. The van der Waals surface area contributed by atoms with E-state index in [1.165, 1.54) is 12.4 Å². The number of pyridine rings is 2. The molecule has 1 aliphatic carbocycles. The van der Waals surface area contributed by atoms with Crippen LogP contribution in [0.5, 0.6) is 0 Å². The molecule has 3 aromatic heterocycles. The molecule has 0 spiro atoms. The summed E-state index contributed by atoms with van der Waals surface area (Å²) in [5.74, 6) is 1.18. The average molecular weight is 429 g/mol. The Morgan fingerprint density at radius 3 is 2.58 bits per heavy atom. The van der Waals surface area contributed by atoms with Crippen LogP contribution in [0.15, 0.2) is 29.1 Å². The van der Waals surface area contributed by atoms with E-state index in [0.29, 0.717) is 39.6 Å². The van der Waals surface area contributed by atoms with Crippen molar-refractivity contribution in [3.8, 4) is 11.3 Å². The van der Waals surface area contributed by atoms with E-state index in [2.05, 4.69) is 25.6 Å². The van der Waals surface area contributed by atoms with Crippen molar-refractivity contribution in [2.24, 2.45) is 5.92 Å². The molecule has 164 valence electrons. The summed E-state index contributed by atoms with van der Waals surface area (Å²) in [6, 6.07) is 0.646. The first kappa shape index (κ1) is 21.1. The van der Waals surface area contributed by atoms with Crippen LogP contribution in [-0.2, 0) is 4.79 Å². The number of fused-ring (bicyclic) bond motifs is 1. The Bertz CT molecular complexity index is 1060. The number of aromatic nitrogens is 3. The van der Waals surface area contributed by atoms with Crippen molar-refractivity contribution in [1.29, 1.82) is 0 Å². The minimum Gasteiger partial charge on any atom is -0.441 e. The summed E-state index contributed by atoms with van der Waals surface area (Å²) in [6.07, 6.45) is 9.63. The summed E-state index contributed by atoms with van der Waals surface area (Å²) < 4.78 is 32.2. The maximum Gasteiger partial charge on any atom is 0.228 e. The number of alkyl halides is 2. The number of carbonyl (C=O) groups excluding carboxylic acids is 1. The monoisotopic (exact) mass is 429 g/mol. The summed E-state index contributed by atoms with van der Waals surface area (Å²) in [4.78, 5) is 25.5. The SMILES string of the molecule is Cc1ncc(-c2cnc3cnc(NC(=O)C4CCCCC4)cc3c2NC(CF)CF)o1. The van der Waals surface area contributed by atoms with Crippen LogP contribution in [0.1, 0.15) is 38.0 Å². The molecule has 0 aliphatic heterocycles. The van der Waals surface area contributed by atoms with E-state index >= 15 is 0 Å². The van der Waals surface area contributed by atoms with Crippen LogP contribution in [0.4, 0.5) is 20.3 Å². The number of nitrogens with zero attached hydrogens (tertiary/aromatic N) is 3. The zero-order chi connectivity index (χ0) is 21.8. The molecule has 1 saturated carbocycles. The van der Waals surface area contributed by atoms with Crippen LogP contribution in [-0.4, -0.2) is 40.3 Å². The molecule has 4 rings (SSSR count). The number of nitrogens with one attached hydrogen (secondary N) is 2. The molecule has 3 heterocycles. The first-order chi connectivity index (χ1) is 15.1. The molecule has 0 saturated heterocycles. The summed E-state index contributed by atoms with van der Waals surface area (Å²) in [5.41, 5.74) is 1.50. The van der Waals surface area contributed by atoms with E-state index in [1.54, 1.807) is 19.2 Å². The average Bonchev–Trinajstić information content (AvgIpc) is 3.23. The van der Waals surface area contributed by atoms with Gasteiger partial charge in [0.2, 0.25) is 5.91 Å². The van der Waals surface area contributed by atoms with Crippen molar-refractivity contribution < 1.29 is 18.0 Å². The fourth-order valence-electron chi connectivity index (χ4n) is 3.91. The molecule has 1 fully saturated rings. The van der Waals surface area contributed by atoms with Gasteiger partial charge in [-0.3, -0.25) is 9.78 Å². The van der Waals surface area contributed by atoms with Gasteiger partial charge in [-0.25, -0.2) is 18.7 Å². The third-order valence-corrected chi connectivity index (χ3v) is 5.59. The van der Waals surface area contributed by atoms with Gasteiger partial charge in [0, 0.05) is 24.4 Å². The van der Waals surface area contributed by atoms with E-state index in [9.17, 15) is 13.6 Å². The second-order valence-electron chi connectivity index (χ2n) is 7.85. The van der Waals surface area contributed by atoms with E-state index < -0.39 is 19.4 Å². The van der Waals surface area contributed by atoms with Crippen molar-refractivity contribution in [3.05, 3.63) is 30.5 Å². The Morgan fingerprint density at radius 1 is 1.13 bits per heavy atom. The molecule has 0 atom stereocenters. The molecule has 0 unspecified atom stereocenters. The molecule has 7 nitrogen and oxygen atoms in total. The molecule has 0 aromatic carbocycles. The van der Waals surface area contributed by atoms with E-state index in [1.807, 2.05) is 0 Å². The Hall–Kier alpha value is -3.10. The van der Waals surface area contributed by atoms with Crippen molar-refractivity contribution in [2.75, 3.05) is 24.0 Å². The van der Waals surface area contributed by atoms with Gasteiger partial charge < -0.3 is 15.1 Å². The normalized spacial score (nSPS) is 14.8. The topological polar surface area (TPSA) is 92.9 Å². The van der Waals surface area contributed by atoms with E-state index in [4.69, 9.17) is 4.42 Å². The first-order valence-corrected chi connectivity index (χ1v) is 10.5. The summed E-state index contributed by atoms with van der Waals surface area (Å²) >= 11 is 0. The van der Waals surface area contributed by atoms with Gasteiger partial charge in [-0.1, -0.05) is 19.3 Å². The number of amides is 1. The number of anilines is 2. The maximum atomic E-state index is 13.3. The molecule has 31 heavy (non-hydrogen) atoms. The van der Waals surface area contributed by atoms with Crippen LogP contribution in [0.2, 0.25) is 0 Å². The lowest BCUT2D eigenvalue weighted by Gasteiger charge is -2.21. The number of hydrogen-bond donors (Lipinski definition) is 2. The lowest BCUT2D eigenvalue weighted by molar-refractivity contribution is -0.120. The Labute approximate surface area is 178 Å². The predicted molar refractivity (Wildman–Crippen MR) is 114 cm³/mol. The Balaban J connectivity index is 1.73. The quantitative estimate of drug-likeness (QED) is 0.559. The van der Waals surface area contributed by atoms with Crippen LogP contribution < -0.4 is 10.6 Å². The van der Waals surface area contributed by atoms with Gasteiger partial charge in [0.05, 0.1) is 35.2 Å². The number of aryl methyl sites for hydroxylation is 1. The van der Waals surface area contributed by atoms with Gasteiger partial charge in [0.1, 0.15) is 19.2 Å². The standard InChI is InChI=1S/C22H25F2N5O2/c1-13-25-12-19(31-13)17-10-26-18-11-27-20(29-22(30)14-5-3-2-4-6-14)7-16(18)21(17)28-15(8-23)9-24/h7,10-12,14-15H,2-6,8-9H2,1H3,(H,26,28)(H,27,29,30). The lowest BCUT2D eigenvalue weighted by Crippen LogP contribution is -2.25. The van der Waals surface area contributed by atoms with Crippen LogP contribution in [0.3, 0.4) is 0 Å². The van der Waals surface area contributed by atoms with Crippen molar-refractivity contribution >= 4 is 28.3 Å². The number of rotatable bonds is 7. The number of carbonyl (C=O) groups is 1. The van der Waals surface area contributed by atoms with Gasteiger partial charge >= 0.3 is 0 Å². The van der Waals surface area contributed by atoms with Crippen LogP contribution in [0, 0.1) is 12.8 Å². The molecule has 3 aromatic rings. The minimum atomic E-state index is -1.03. The number of hydrogen-bond acceptors (Lipinski definition) is 6. The van der Waals surface area contributed by atoms with Gasteiger partial charge in [0.15, 0.2) is 11.7 Å². The molecule has 1 amide bonds. The Morgan fingerprint density at radius 2 is 1.90 bits per heavy atom. The number of halogens is 2.